The second-order valence-corrected chi connectivity index (χ2v) is 8.86. The highest BCUT2D eigenvalue weighted by Gasteiger charge is 2.56. The number of nitrogen functional groups attached to an aromatic ring is 1. The van der Waals surface area contributed by atoms with Gasteiger partial charge >= 0.3 is 12.1 Å². The van der Waals surface area contributed by atoms with Crippen molar-refractivity contribution < 1.29 is 28.3 Å². The third kappa shape index (κ3) is 4.17. The van der Waals surface area contributed by atoms with Gasteiger partial charge in [0.05, 0.1) is 0 Å². The molecule has 1 aliphatic rings. The number of hydrogen-bond donors (Lipinski definition) is 3. The minimum atomic E-state index is -1.10. The van der Waals surface area contributed by atoms with Gasteiger partial charge in [-0.2, -0.15) is 14.3 Å². The number of oxazole rings is 2. The van der Waals surface area contributed by atoms with E-state index in [1.54, 1.807) is 6.92 Å². The number of hydrogen-bond acceptors (Lipinski definition) is 10. The lowest BCUT2D eigenvalue weighted by atomic mass is 10.1. The van der Waals surface area contributed by atoms with Crippen molar-refractivity contribution in [2.75, 3.05) is 11.1 Å². The second kappa shape index (κ2) is 8.44. The van der Waals surface area contributed by atoms with Crippen LogP contribution in [-0.2, 0) is 14.9 Å². The third-order valence-electron chi connectivity index (χ3n) is 5.68. The number of carboxylic acids is 1. The molecule has 0 radical (unpaired) electrons. The number of carbonyl (C=O) groups excluding carboxylic acids is 1. The molecule has 178 valence electrons. The lowest BCUT2D eigenvalue weighted by Crippen LogP contribution is -2.19. The Balaban J connectivity index is 1.30. The largest absolute Gasteiger partial charge is 0.480 e. The molecule has 0 bridgehead atoms. The summed E-state index contributed by atoms with van der Waals surface area (Å²) >= 11 is 0.989. The van der Waals surface area contributed by atoms with Gasteiger partial charge in [-0.1, -0.05) is 24.3 Å². The van der Waals surface area contributed by atoms with E-state index in [0.29, 0.717) is 17.7 Å². The first-order valence-electron chi connectivity index (χ1n) is 10.6. The minimum absolute atomic E-state index is 0.00615. The number of nitrogens with one attached hydrogen (secondary N) is 1. The van der Waals surface area contributed by atoms with Gasteiger partial charge in [-0.25, -0.2) is 4.79 Å². The van der Waals surface area contributed by atoms with E-state index in [1.165, 1.54) is 0 Å². The number of ether oxygens (including phenoxy) is 1. The molecule has 11 nitrogen and oxygen atoms in total. The maximum atomic E-state index is 12.5. The number of anilines is 2. The topological polar surface area (TPSA) is 167 Å². The average molecular weight is 494 g/mol. The van der Waals surface area contributed by atoms with Gasteiger partial charge in [-0.05, 0) is 61.2 Å². The molecule has 4 aromatic rings. The first kappa shape index (κ1) is 22.4. The van der Waals surface area contributed by atoms with Crippen molar-refractivity contribution >= 4 is 46.5 Å². The molecule has 3 heterocycles. The molecule has 5 rings (SSSR count). The molecule has 3 aromatic heterocycles. The Morgan fingerprint density at radius 1 is 1.23 bits per heavy atom. The van der Waals surface area contributed by atoms with E-state index >= 15 is 0 Å². The summed E-state index contributed by atoms with van der Waals surface area (Å²) in [6.45, 7) is 3.71. The van der Waals surface area contributed by atoms with Crippen LogP contribution in [0.15, 0.2) is 33.1 Å². The molecule has 0 spiro atoms. The van der Waals surface area contributed by atoms with Crippen LogP contribution < -0.4 is 11.1 Å². The lowest BCUT2D eigenvalue weighted by Gasteiger charge is -2.16. The molecule has 1 unspecified atom stereocenters. The Morgan fingerprint density at radius 2 is 1.97 bits per heavy atom. The highest BCUT2D eigenvalue weighted by molar-refractivity contribution is 7.07. The summed E-state index contributed by atoms with van der Waals surface area (Å²) < 4.78 is 20.5. The highest BCUT2D eigenvalue weighted by atomic mass is 32.1. The third-order valence-corrected chi connectivity index (χ3v) is 6.46. The summed E-state index contributed by atoms with van der Waals surface area (Å²) in [5.74, 6) is 4.71. The molecule has 1 amide bonds. The summed E-state index contributed by atoms with van der Waals surface area (Å²) in [5, 5.41) is 12.0. The number of carboxylic acid groups (broad SMARTS) is 1. The van der Waals surface area contributed by atoms with Crippen LogP contribution in [0.1, 0.15) is 53.7 Å². The number of amides is 1. The SMILES string of the molecule is Cc1ccccc1C(C)OC(=O)Nc1c(N)nsc1C#Cc1nc2oc(C3(C(=O)O)CC3)nc2o1. The van der Waals surface area contributed by atoms with E-state index in [4.69, 9.17) is 19.3 Å². The first-order chi connectivity index (χ1) is 16.8. The molecule has 1 fully saturated rings. The van der Waals surface area contributed by atoms with E-state index in [1.807, 2.05) is 31.2 Å². The van der Waals surface area contributed by atoms with Crippen molar-refractivity contribution in [3.05, 3.63) is 52.1 Å². The average Bonchev–Trinajstić information content (AvgIpc) is 3.25. The number of benzene rings is 1. The summed E-state index contributed by atoms with van der Waals surface area (Å²) in [6, 6.07) is 7.61. The predicted molar refractivity (Wildman–Crippen MR) is 125 cm³/mol. The number of aryl methyl sites for hydroxylation is 1. The van der Waals surface area contributed by atoms with E-state index in [0.717, 1.165) is 22.7 Å². The predicted octanol–water partition coefficient (Wildman–Crippen LogP) is 3.99. The Morgan fingerprint density at radius 3 is 2.66 bits per heavy atom. The number of fused-ring (bicyclic) bond motifs is 1. The van der Waals surface area contributed by atoms with Crippen molar-refractivity contribution in [3.8, 4) is 11.8 Å². The molecular formula is C23H19N5O6S. The molecular weight excluding hydrogens is 474 g/mol. The van der Waals surface area contributed by atoms with Crippen LogP contribution in [0.25, 0.3) is 11.4 Å². The number of aromatic nitrogens is 3. The highest BCUT2D eigenvalue weighted by Crippen LogP contribution is 2.48. The van der Waals surface area contributed by atoms with Crippen LogP contribution >= 0.6 is 11.5 Å². The Bertz CT molecular complexity index is 1490. The Labute approximate surface area is 202 Å². The molecule has 1 atom stereocenters. The van der Waals surface area contributed by atoms with Gasteiger partial charge in [0.25, 0.3) is 17.3 Å². The van der Waals surface area contributed by atoms with Crippen LogP contribution in [0.2, 0.25) is 0 Å². The van der Waals surface area contributed by atoms with Gasteiger partial charge in [0.2, 0.25) is 5.89 Å². The van der Waals surface area contributed by atoms with Gasteiger partial charge in [-0.15, -0.1) is 0 Å². The van der Waals surface area contributed by atoms with Gasteiger partial charge < -0.3 is 24.4 Å². The van der Waals surface area contributed by atoms with E-state index in [9.17, 15) is 14.7 Å². The van der Waals surface area contributed by atoms with Crippen molar-refractivity contribution in [2.45, 2.75) is 38.2 Å². The Kier molecular flexibility index (Phi) is 5.41. The summed E-state index contributed by atoms with van der Waals surface area (Å²) in [4.78, 5) is 32.5. The van der Waals surface area contributed by atoms with Crippen LogP contribution in [0.4, 0.5) is 16.3 Å². The monoisotopic (exact) mass is 493 g/mol. The number of rotatable bonds is 5. The minimum Gasteiger partial charge on any atom is -0.480 e. The van der Waals surface area contributed by atoms with E-state index in [2.05, 4.69) is 31.5 Å². The zero-order valence-electron chi connectivity index (χ0n) is 18.6. The number of carbonyl (C=O) groups is 2. The number of aliphatic carboxylic acids is 1. The van der Waals surface area contributed by atoms with Gasteiger partial charge in [0.15, 0.2) is 5.82 Å². The fourth-order valence-electron chi connectivity index (χ4n) is 3.56. The van der Waals surface area contributed by atoms with E-state index in [-0.39, 0.29) is 34.7 Å². The first-order valence-corrected chi connectivity index (χ1v) is 11.4. The Hall–Kier alpha value is -4.37. The van der Waals surface area contributed by atoms with Gasteiger partial charge in [-0.3, -0.25) is 10.1 Å². The standard InChI is InChI=1S/C23H19N5O6S/c1-11-5-3-4-6-13(11)12(2)32-22(31)26-16-14(35-28-17(16)24)7-8-15-25-18-19(33-15)27-20(34-18)23(9-10-23)21(29)30/h3-6,12H,9-10H2,1-2H3,(H2,24,28)(H,26,31)(H,29,30). The van der Waals surface area contributed by atoms with Crippen molar-refractivity contribution in [2.24, 2.45) is 0 Å². The molecule has 1 aliphatic carbocycles. The molecule has 0 saturated heterocycles. The summed E-state index contributed by atoms with van der Waals surface area (Å²) in [6.07, 6.45) is -0.275. The maximum absolute atomic E-state index is 12.5. The van der Waals surface area contributed by atoms with Crippen molar-refractivity contribution in [1.82, 2.24) is 14.3 Å². The van der Waals surface area contributed by atoms with Crippen LogP contribution in [-0.4, -0.2) is 31.5 Å². The van der Waals surface area contributed by atoms with Crippen molar-refractivity contribution in [1.29, 1.82) is 0 Å². The molecule has 0 aliphatic heterocycles. The molecule has 4 N–H and O–H groups in total. The molecule has 1 aromatic carbocycles. The second-order valence-electron chi connectivity index (χ2n) is 8.09. The lowest BCUT2D eigenvalue weighted by molar-refractivity contribution is -0.140. The van der Waals surface area contributed by atoms with Crippen LogP contribution in [0.3, 0.4) is 0 Å². The quantitative estimate of drug-likeness (QED) is 0.346. The molecule has 1 saturated carbocycles. The zero-order valence-corrected chi connectivity index (χ0v) is 19.4. The maximum Gasteiger partial charge on any atom is 0.412 e. The fourth-order valence-corrected chi connectivity index (χ4v) is 4.19. The zero-order chi connectivity index (χ0) is 24.7. The van der Waals surface area contributed by atoms with Gasteiger partial charge in [0.1, 0.15) is 22.1 Å². The normalized spacial score (nSPS) is 14.7. The van der Waals surface area contributed by atoms with E-state index < -0.39 is 23.6 Å². The van der Waals surface area contributed by atoms with Crippen LogP contribution in [0.5, 0.6) is 0 Å². The summed E-state index contributed by atoms with van der Waals surface area (Å²) in [7, 11) is 0. The van der Waals surface area contributed by atoms with Crippen molar-refractivity contribution in [3.63, 3.8) is 0 Å². The smallest absolute Gasteiger partial charge is 0.412 e. The molecule has 35 heavy (non-hydrogen) atoms. The number of nitrogens with zero attached hydrogens (tertiary/aromatic N) is 3. The van der Waals surface area contributed by atoms with Gasteiger partial charge in [0, 0.05) is 0 Å². The fraction of sp³-hybridized carbons (Fsp3) is 0.261. The molecule has 12 heteroatoms. The summed E-state index contributed by atoms with van der Waals surface area (Å²) in [5.41, 5.74) is 7.05. The van der Waals surface area contributed by atoms with Crippen LogP contribution in [0, 0.1) is 18.8 Å². The number of nitrogens with two attached hydrogens (primary N) is 1.